The van der Waals surface area contributed by atoms with Crippen molar-refractivity contribution >= 4 is 40.1 Å². The molecule has 0 heterocycles. The van der Waals surface area contributed by atoms with E-state index in [0.29, 0.717) is 0 Å². The molecule has 1 amide bonds. The Bertz CT molecular complexity index is 449. The van der Waals surface area contributed by atoms with Crippen molar-refractivity contribution in [1.82, 2.24) is 5.32 Å². The first-order chi connectivity index (χ1) is 8.59. The van der Waals surface area contributed by atoms with Crippen LogP contribution in [0.15, 0.2) is 18.2 Å². The molecule has 2 unspecified atom stereocenters. The minimum absolute atomic E-state index is 0.000602. The number of hydrogen-bond acceptors (Lipinski definition) is 1. The highest BCUT2D eigenvalue weighted by atomic mass is 127. The molecule has 0 radical (unpaired) electrons. The van der Waals surface area contributed by atoms with Gasteiger partial charge in [-0.2, -0.15) is 0 Å². The summed E-state index contributed by atoms with van der Waals surface area (Å²) in [6, 6.07) is 5.93. The van der Waals surface area contributed by atoms with E-state index in [1.165, 1.54) is 6.42 Å². The number of hydrogen-bond donors (Lipinski definition) is 1. The molecule has 2 rings (SSSR count). The minimum atomic E-state index is 0.000602. The van der Waals surface area contributed by atoms with Gasteiger partial charge in [0.1, 0.15) is 0 Å². The molecule has 1 aliphatic carbocycles. The first kappa shape index (κ1) is 14.1. The Kier molecular flexibility index (Phi) is 4.90. The average Bonchev–Trinajstić information content (AvgIpc) is 2.35. The van der Waals surface area contributed by atoms with Crippen molar-refractivity contribution in [2.75, 3.05) is 0 Å². The smallest absolute Gasteiger partial charge is 0.252 e. The minimum Gasteiger partial charge on any atom is -0.348 e. The summed E-state index contributed by atoms with van der Waals surface area (Å²) in [6.07, 6.45) is 4.31. The van der Waals surface area contributed by atoms with Crippen molar-refractivity contribution in [1.29, 1.82) is 0 Å². The predicted molar refractivity (Wildman–Crippen MR) is 83.3 cm³/mol. The third-order valence-corrected chi connectivity index (χ3v) is 5.39. The number of nitrogens with one attached hydrogen (secondary N) is 1. The van der Waals surface area contributed by atoms with E-state index in [2.05, 4.69) is 27.9 Å². The predicted octanol–water partition coefficient (Wildman–Crippen LogP) is 3.88. The van der Waals surface area contributed by atoms with E-state index in [0.717, 1.165) is 34.0 Å². The standard InChI is InChI=1S/C14H17ClINO/c1-9-5-4-6-10(13(9)16)14(18)17-12-8-3-2-7-11(12)15/h4-6,11-12H,2-3,7-8H2,1H3,(H,17,18). The maximum Gasteiger partial charge on any atom is 0.252 e. The van der Waals surface area contributed by atoms with Gasteiger partial charge in [-0.05, 0) is 54.0 Å². The molecule has 2 nitrogen and oxygen atoms in total. The molecular weight excluding hydrogens is 361 g/mol. The lowest BCUT2D eigenvalue weighted by atomic mass is 9.94. The Balaban J connectivity index is 2.09. The zero-order valence-electron chi connectivity index (χ0n) is 10.4. The number of carbonyl (C=O) groups is 1. The Morgan fingerprint density at radius 1 is 1.39 bits per heavy atom. The van der Waals surface area contributed by atoms with Crippen molar-refractivity contribution in [2.24, 2.45) is 0 Å². The van der Waals surface area contributed by atoms with Crippen molar-refractivity contribution in [2.45, 2.75) is 44.0 Å². The summed E-state index contributed by atoms with van der Waals surface area (Å²) in [5.41, 5.74) is 1.89. The Morgan fingerprint density at radius 3 is 2.83 bits per heavy atom. The van der Waals surface area contributed by atoms with Crippen LogP contribution in [0.4, 0.5) is 0 Å². The number of benzene rings is 1. The third kappa shape index (κ3) is 3.18. The van der Waals surface area contributed by atoms with Gasteiger partial charge in [-0.1, -0.05) is 25.0 Å². The van der Waals surface area contributed by atoms with Crippen LogP contribution >= 0.6 is 34.2 Å². The van der Waals surface area contributed by atoms with Gasteiger partial charge in [-0.25, -0.2) is 0 Å². The number of amides is 1. The zero-order chi connectivity index (χ0) is 13.1. The summed E-state index contributed by atoms with van der Waals surface area (Å²) in [5.74, 6) is 0.000602. The van der Waals surface area contributed by atoms with E-state index in [1.807, 2.05) is 25.1 Å². The highest BCUT2D eigenvalue weighted by Crippen LogP contribution is 2.24. The van der Waals surface area contributed by atoms with Gasteiger partial charge in [0.2, 0.25) is 0 Å². The van der Waals surface area contributed by atoms with Gasteiger partial charge in [0.05, 0.1) is 10.9 Å². The van der Waals surface area contributed by atoms with E-state index in [9.17, 15) is 4.79 Å². The zero-order valence-corrected chi connectivity index (χ0v) is 13.3. The molecule has 98 valence electrons. The van der Waals surface area contributed by atoms with Crippen LogP contribution in [-0.2, 0) is 0 Å². The van der Waals surface area contributed by atoms with Gasteiger partial charge < -0.3 is 5.32 Å². The average molecular weight is 378 g/mol. The molecular formula is C14H17ClINO. The molecule has 4 heteroatoms. The molecule has 0 bridgehead atoms. The summed E-state index contributed by atoms with van der Waals surface area (Å²) in [4.78, 5) is 12.3. The fourth-order valence-corrected chi connectivity index (χ4v) is 3.26. The van der Waals surface area contributed by atoms with Gasteiger partial charge in [0.15, 0.2) is 0 Å². The van der Waals surface area contributed by atoms with E-state index >= 15 is 0 Å². The lowest BCUT2D eigenvalue weighted by Crippen LogP contribution is -2.43. The van der Waals surface area contributed by atoms with Crippen LogP contribution in [0.1, 0.15) is 41.6 Å². The molecule has 1 aromatic carbocycles. The van der Waals surface area contributed by atoms with Crippen LogP contribution < -0.4 is 5.32 Å². The molecule has 1 aromatic rings. The molecule has 1 N–H and O–H groups in total. The quantitative estimate of drug-likeness (QED) is 0.615. The fourth-order valence-electron chi connectivity index (χ4n) is 2.32. The van der Waals surface area contributed by atoms with Gasteiger partial charge in [0.25, 0.3) is 5.91 Å². The van der Waals surface area contributed by atoms with E-state index in [-0.39, 0.29) is 17.3 Å². The van der Waals surface area contributed by atoms with Crippen molar-refractivity contribution in [3.63, 3.8) is 0 Å². The number of alkyl halides is 1. The normalized spacial score (nSPS) is 23.7. The van der Waals surface area contributed by atoms with Crippen LogP contribution in [0.2, 0.25) is 0 Å². The molecule has 2 atom stereocenters. The largest absolute Gasteiger partial charge is 0.348 e. The lowest BCUT2D eigenvalue weighted by Gasteiger charge is -2.28. The second-order valence-corrected chi connectivity index (χ2v) is 6.46. The van der Waals surface area contributed by atoms with Crippen LogP contribution in [0.5, 0.6) is 0 Å². The number of rotatable bonds is 2. The first-order valence-corrected chi connectivity index (χ1v) is 7.81. The summed E-state index contributed by atoms with van der Waals surface area (Å²) < 4.78 is 1.02. The highest BCUT2D eigenvalue weighted by Gasteiger charge is 2.25. The third-order valence-electron chi connectivity index (χ3n) is 3.43. The topological polar surface area (TPSA) is 29.1 Å². The Morgan fingerprint density at radius 2 is 2.11 bits per heavy atom. The second kappa shape index (κ2) is 6.24. The number of aryl methyl sites for hydroxylation is 1. The van der Waals surface area contributed by atoms with Crippen LogP contribution in [0.25, 0.3) is 0 Å². The molecule has 1 aliphatic rings. The lowest BCUT2D eigenvalue weighted by molar-refractivity contribution is 0.0927. The van der Waals surface area contributed by atoms with Crippen LogP contribution in [0.3, 0.4) is 0 Å². The van der Waals surface area contributed by atoms with Gasteiger partial charge >= 0.3 is 0 Å². The molecule has 18 heavy (non-hydrogen) atoms. The highest BCUT2D eigenvalue weighted by molar-refractivity contribution is 14.1. The molecule has 0 saturated heterocycles. The fraction of sp³-hybridized carbons (Fsp3) is 0.500. The molecule has 0 aliphatic heterocycles. The number of halogens is 2. The van der Waals surface area contributed by atoms with Gasteiger partial charge in [-0.3, -0.25) is 4.79 Å². The van der Waals surface area contributed by atoms with Crippen molar-refractivity contribution < 1.29 is 4.79 Å². The second-order valence-electron chi connectivity index (χ2n) is 4.82. The van der Waals surface area contributed by atoms with Crippen LogP contribution in [-0.4, -0.2) is 17.3 Å². The summed E-state index contributed by atoms with van der Waals surface area (Å²) in [6.45, 7) is 2.02. The first-order valence-electron chi connectivity index (χ1n) is 6.29. The Hall–Kier alpha value is -0.290. The van der Waals surface area contributed by atoms with E-state index in [4.69, 9.17) is 11.6 Å². The van der Waals surface area contributed by atoms with Gasteiger partial charge in [-0.15, -0.1) is 11.6 Å². The maximum absolute atomic E-state index is 12.3. The van der Waals surface area contributed by atoms with E-state index in [1.54, 1.807) is 0 Å². The van der Waals surface area contributed by atoms with Crippen molar-refractivity contribution in [3.05, 3.63) is 32.9 Å². The summed E-state index contributed by atoms with van der Waals surface area (Å²) in [7, 11) is 0. The SMILES string of the molecule is Cc1cccc(C(=O)NC2CCCCC2Cl)c1I. The van der Waals surface area contributed by atoms with Gasteiger partial charge in [0, 0.05) is 9.61 Å². The van der Waals surface area contributed by atoms with Crippen molar-refractivity contribution in [3.8, 4) is 0 Å². The summed E-state index contributed by atoms with van der Waals surface area (Å²) in [5, 5.41) is 3.15. The molecule has 0 aromatic heterocycles. The summed E-state index contributed by atoms with van der Waals surface area (Å²) >= 11 is 8.49. The number of carbonyl (C=O) groups excluding carboxylic acids is 1. The molecule has 0 spiro atoms. The van der Waals surface area contributed by atoms with Crippen LogP contribution in [0, 0.1) is 10.5 Å². The monoisotopic (exact) mass is 377 g/mol. The van der Waals surface area contributed by atoms with E-state index < -0.39 is 0 Å². The maximum atomic E-state index is 12.3. The molecule has 1 saturated carbocycles. The Labute approximate surface area is 127 Å². The molecule has 1 fully saturated rings.